The van der Waals surface area contributed by atoms with Gasteiger partial charge in [0.25, 0.3) is 0 Å². The Morgan fingerprint density at radius 3 is 2.69 bits per heavy atom. The molecule has 3 nitrogen and oxygen atoms in total. The molecule has 4 heteroatoms. The molecule has 16 heavy (non-hydrogen) atoms. The van der Waals surface area contributed by atoms with Crippen LogP contribution in [0.5, 0.6) is 0 Å². The Morgan fingerprint density at radius 2 is 2.19 bits per heavy atom. The number of nitrogens with zero attached hydrogens (tertiary/aromatic N) is 2. The van der Waals surface area contributed by atoms with Gasteiger partial charge < -0.3 is 4.57 Å². The average molecular weight is 235 g/mol. The van der Waals surface area contributed by atoms with E-state index >= 15 is 0 Å². The SMILES string of the molecule is CC(=O)c1ccc(-n2ccnc2C)c(Cl)c1. The van der Waals surface area contributed by atoms with Crippen LogP contribution in [0.1, 0.15) is 23.1 Å². The smallest absolute Gasteiger partial charge is 0.159 e. The van der Waals surface area contributed by atoms with Crippen LogP contribution in [0, 0.1) is 6.92 Å². The lowest BCUT2D eigenvalue weighted by Crippen LogP contribution is -1.99. The Hall–Kier alpha value is -1.61. The van der Waals surface area contributed by atoms with E-state index in [1.807, 2.05) is 23.8 Å². The fourth-order valence-corrected chi connectivity index (χ4v) is 1.83. The summed E-state index contributed by atoms with van der Waals surface area (Å²) in [7, 11) is 0. The van der Waals surface area contributed by atoms with Gasteiger partial charge in [-0.15, -0.1) is 0 Å². The Morgan fingerprint density at radius 1 is 1.44 bits per heavy atom. The lowest BCUT2D eigenvalue weighted by Gasteiger charge is -2.08. The lowest BCUT2D eigenvalue weighted by atomic mass is 10.1. The maximum atomic E-state index is 11.2. The van der Waals surface area contributed by atoms with E-state index in [1.165, 1.54) is 6.92 Å². The predicted molar refractivity (Wildman–Crippen MR) is 63.3 cm³/mol. The van der Waals surface area contributed by atoms with Gasteiger partial charge in [-0.2, -0.15) is 0 Å². The molecule has 0 unspecified atom stereocenters. The number of ketones is 1. The van der Waals surface area contributed by atoms with Crippen molar-refractivity contribution in [2.45, 2.75) is 13.8 Å². The third-order valence-corrected chi connectivity index (χ3v) is 2.74. The first-order valence-electron chi connectivity index (χ1n) is 4.90. The van der Waals surface area contributed by atoms with Crippen molar-refractivity contribution in [2.24, 2.45) is 0 Å². The predicted octanol–water partition coefficient (Wildman–Crippen LogP) is 3.04. The highest BCUT2D eigenvalue weighted by Crippen LogP contribution is 2.23. The van der Waals surface area contributed by atoms with Crippen LogP contribution in [0.3, 0.4) is 0 Å². The van der Waals surface area contributed by atoms with Crippen LogP contribution >= 0.6 is 11.6 Å². The highest BCUT2D eigenvalue weighted by atomic mass is 35.5. The normalized spacial score (nSPS) is 10.4. The number of carbonyl (C=O) groups excluding carboxylic acids is 1. The lowest BCUT2D eigenvalue weighted by molar-refractivity contribution is 0.101. The van der Waals surface area contributed by atoms with E-state index in [0.717, 1.165) is 11.5 Å². The molecule has 0 aliphatic rings. The highest BCUT2D eigenvalue weighted by molar-refractivity contribution is 6.32. The number of carbonyl (C=O) groups is 1. The Balaban J connectivity index is 2.52. The first-order valence-corrected chi connectivity index (χ1v) is 5.28. The van der Waals surface area contributed by atoms with Gasteiger partial charge in [-0.3, -0.25) is 4.79 Å². The van der Waals surface area contributed by atoms with E-state index < -0.39 is 0 Å². The van der Waals surface area contributed by atoms with E-state index in [9.17, 15) is 4.79 Å². The Bertz CT molecular complexity index is 546. The average Bonchev–Trinajstić information content (AvgIpc) is 2.64. The van der Waals surface area contributed by atoms with Gasteiger partial charge in [0.05, 0.1) is 10.7 Å². The van der Waals surface area contributed by atoms with Crippen LogP contribution in [-0.2, 0) is 0 Å². The molecular weight excluding hydrogens is 224 g/mol. The minimum absolute atomic E-state index is 0.0100. The van der Waals surface area contributed by atoms with Crippen molar-refractivity contribution in [3.8, 4) is 5.69 Å². The molecule has 0 saturated carbocycles. The molecule has 0 radical (unpaired) electrons. The van der Waals surface area contributed by atoms with Gasteiger partial charge >= 0.3 is 0 Å². The maximum absolute atomic E-state index is 11.2. The number of Topliss-reactive ketones (excluding diaryl/α,β-unsaturated/α-hetero) is 1. The molecule has 2 rings (SSSR count). The Kier molecular flexibility index (Phi) is 2.79. The summed E-state index contributed by atoms with van der Waals surface area (Å²) in [6.45, 7) is 3.42. The molecule has 2 aromatic rings. The van der Waals surface area contributed by atoms with Crippen LogP contribution in [0.15, 0.2) is 30.6 Å². The molecule has 82 valence electrons. The van der Waals surface area contributed by atoms with Crippen molar-refractivity contribution in [1.82, 2.24) is 9.55 Å². The third kappa shape index (κ3) is 1.86. The van der Waals surface area contributed by atoms with Gasteiger partial charge in [0.15, 0.2) is 5.78 Å². The minimum atomic E-state index is 0.0100. The van der Waals surface area contributed by atoms with Crippen molar-refractivity contribution in [1.29, 1.82) is 0 Å². The summed E-state index contributed by atoms with van der Waals surface area (Å²) in [6.07, 6.45) is 3.55. The van der Waals surface area contributed by atoms with Crippen LogP contribution in [0.4, 0.5) is 0 Å². The van der Waals surface area contributed by atoms with Gasteiger partial charge in [-0.25, -0.2) is 4.98 Å². The highest BCUT2D eigenvalue weighted by Gasteiger charge is 2.07. The van der Waals surface area contributed by atoms with E-state index in [2.05, 4.69) is 4.98 Å². The van der Waals surface area contributed by atoms with Crippen molar-refractivity contribution >= 4 is 17.4 Å². The summed E-state index contributed by atoms with van der Waals surface area (Å²) in [5.74, 6) is 0.869. The molecule has 0 spiro atoms. The third-order valence-electron chi connectivity index (χ3n) is 2.44. The fourth-order valence-electron chi connectivity index (χ4n) is 1.55. The van der Waals surface area contributed by atoms with E-state index in [4.69, 9.17) is 11.6 Å². The summed E-state index contributed by atoms with van der Waals surface area (Å²) in [5, 5.41) is 0.550. The van der Waals surface area contributed by atoms with Crippen LogP contribution in [0.2, 0.25) is 5.02 Å². The molecule has 1 aromatic heterocycles. The largest absolute Gasteiger partial charge is 0.302 e. The molecule has 0 saturated heterocycles. The molecule has 0 fully saturated rings. The van der Waals surface area contributed by atoms with Gasteiger partial charge in [-0.05, 0) is 32.0 Å². The zero-order valence-electron chi connectivity index (χ0n) is 9.07. The van der Waals surface area contributed by atoms with Crippen LogP contribution < -0.4 is 0 Å². The molecule has 0 atom stereocenters. The van der Waals surface area contributed by atoms with Gasteiger partial charge in [-0.1, -0.05) is 11.6 Å². The van der Waals surface area contributed by atoms with E-state index in [0.29, 0.717) is 10.6 Å². The zero-order valence-corrected chi connectivity index (χ0v) is 9.82. The molecule has 0 aliphatic heterocycles. The van der Waals surface area contributed by atoms with Gasteiger partial charge in [0.1, 0.15) is 5.82 Å². The summed E-state index contributed by atoms with van der Waals surface area (Å²) < 4.78 is 1.88. The number of imidazole rings is 1. The molecule has 0 bridgehead atoms. The minimum Gasteiger partial charge on any atom is -0.302 e. The standard InChI is InChI=1S/C12H11ClN2O/c1-8(16)10-3-4-12(11(13)7-10)15-6-5-14-9(15)2/h3-7H,1-2H3. The molecule has 0 aliphatic carbocycles. The van der Waals surface area contributed by atoms with Crippen molar-refractivity contribution in [3.05, 3.63) is 47.0 Å². The van der Waals surface area contributed by atoms with Crippen LogP contribution in [0.25, 0.3) is 5.69 Å². The fraction of sp³-hybridized carbons (Fsp3) is 0.167. The van der Waals surface area contributed by atoms with E-state index in [1.54, 1.807) is 18.3 Å². The molecule has 0 amide bonds. The molecule has 1 aromatic carbocycles. The summed E-state index contributed by atoms with van der Waals surface area (Å²) in [6, 6.07) is 5.27. The monoisotopic (exact) mass is 234 g/mol. The molecule has 1 heterocycles. The summed E-state index contributed by atoms with van der Waals surface area (Å²) >= 11 is 6.14. The zero-order chi connectivity index (χ0) is 11.7. The second kappa shape index (κ2) is 4.10. The number of aryl methyl sites for hydroxylation is 1. The van der Waals surface area contributed by atoms with Gasteiger partial charge in [0.2, 0.25) is 0 Å². The summed E-state index contributed by atoms with van der Waals surface area (Å²) in [4.78, 5) is 15.3. The number of aromatic nitrogens is 2. The Labute approximate surface area is 98.7 Å². The quantitative estimate of drug-likeness (QED) is 0.749. The second-order valence-electron chi connectivity index (χ2n) is 3.57. The number of halogens is 1. The number of benzene rings is 1. The van der Waals surface area contributed by atoms with Crippen LogP contribution in [-0.4, -0.2) is 15.3 Å². The van der Waals surface area contributed by atoms with E-state index in [-0.39, 0.29) is 5.78 Å². The first kappa shape index (κ1) is 10.9. The number of rotatable bonds is 2. The first-order chi connectivity index (χ1) is 7.59. The van der Waals surface area contributed by atoms with Crippen molar-refractivity contribution in [2.75, 3.05) is 0 Å². The number of hydrogen-bond donors (Lipinski definition) is 0. The molecule has 0 N–H and O–H groups in total. The van der Waals surface area contributed by atoms with Crippen molar-refractivity contribution < 1.29 is 4.79 Å². The van der Waals surface area contributed by atoms with Crippen molar-refractivity contribution in [3.63, 3.8) is 0 Å². The summed E-state index contributed by atoms with van der Waals surface area (Å²) in [5.41, 5.74) is 1.45. The maximum Gasteiger partial charge on any atom is 0.159 e. The van der Waals surface area contributed by atoms with Gasteiger partial charge in [0, 0.05) is 18.0 Å². The second-order valence-corrected chi connectivity index (χ2v) is 3.97. The molecular formula is C12H11ClN2O. The number of hydrogen-bond acceptors (Lipinski definition) is 2. The topological polar surface area (TPSA) is 34.9 Å².